The van der Waals surface area contributed by atoms with Crippen LogP contribution in [0.4, 0.5) is 0 Å². The smallest absolute Gasteiger partial charge is 0.127 e. The van der Waals surface area contributed by atoms with Gasteiger partial charge < -0.3 is 14.6 Å². The van der Waals surface area contributed by atoms with Crippen molar-refractivity contribution in [3.63, 3.8) is 0 Å². The molecule has 1 aliphatic rings. The van der Waals surface area contributed by atoms with E-state index in [1.807, 2.05) is 55.5 Å². The van der Waals surface area contributed by atoms with Crippen molar-refractivity contribution in [3.05, 3.63) is 59.7 Å². The van der Waals surface area contributed by atoms with Gasteiger partial charge in [-0.25, -0.2) is 0 Å². The molecular formula is C17H18O3. The van der Waals surface area contributed by atoms with Crippen LogP contribution >= 0.6 is 0 Å². The van der Waals surface area contributed by atoms with E-state index in [1.54, 1.807) is 0 Å². The first kappa shape index (κ1) is 13.0. The Labute approximate surface area is 118 Å². The van der Waals surface area contributed by atoms with Crippen LogP contribution in [0.2, 0.25) is 0 Å². The van der Waals surface area contributed by atoms with E-state index in [0.717, 1.165) is 22.6 Å². The van der Waals surface area contributed by atoms with Gasteiger partial charge in [0.1, 0.15) is 17.6 Å². The molecule has 1 N–H and O–H groups in total. The second-order valence-corrected chi connectivity index (χ2v) is 4.90. The molecule has 20 heavy (non-hydrogen) atoms. The third-order valence-electron chi connectivity index (χ3n) is 3.53. The highest BCUT2D eigenvalue weighted by Gasteiger charge is 2.27. The van der Waals surface area contributed by atoms with Gasteiger partial charge in [0.2, 0.25) is 0 Å². The molecule has 0 aliphatic carbocycles. The second-order valence-electron chi connectivity index (χ2n) is 4.90. The lowest BCUT2D eigenvalue weighted by molar-refractivity contribution is 0.0656. The van der Waals surface area contributed by atoms with Crippen molar-refractivity contribution in [1.29, 1.82) is 0 Å². The fourth-order valence-corrected chi connectivity index (χ4v) is 2.57. The summed E-state index contributed by atoms with van der Waals surface area (Å²) in [5.74, 6) is 1.60. The van der Waals surface area contributed by atoms with E-state index in [4.69, 9.17) is 9.47 Å². The highest BCUT2D eigenvalue weighted by atomic mass is 16.5. The summed E-state index contributed by atoms with van der Waals surface area (Å²) in [6.45, 7) is 2.60. The molecule has 2 aromatic carbocycles. The first-order valence-electron chi connectivity index (χ1n) is 6.94. The summed E-state index contributed by atoms with van der Waals surface area (Å²) in [6.07, 6.45) is -0.0620. The van der Waals surface area contributed by atoms with Crippen molar-refractivity contribution in [2.45, 2.75) is 25.6 Å². The Morgan fingerprint density at radius 3 is 2.90 bits per heavy atom. The molecule has 1 unspecified atom stereocenters. The molecule has 3 rings (SSSR count). The molecule has 1 heterocycles. The van der Waals surface area contributed by atoms with Crippen molar-refractivity contribution in [2.24, 2.45) is 0 Å². The Balaban J connectivity index is 1.87. The van der Waals surface area contributed by atoms with Crippen LogP contribution < -0.4 is 9.47 Å². The predicted molar refractivity (Wildman–Crippen MR) is 77.0 cm³/mol. The van der Waals surface area contributed by atoms with Gasteiger partial charge in [0.25, 0.3) is 0 Å². The number of aliphatic hydroxyl groups is 1. The minimum atomic E-state index is -0.485. The van der Waals surface area contributed by atoms with Crippen molar-refractivity contribution in [2.75, 3.05) is 6.61 Å². The van der Waals surface area contributed by atoms with Crippen LogP contribution in [0, 0.1) is 0 Å². The summed E-state index contributed by atoms with van der Waals surface area (Å²) >= 11 is 0. The van der Waals surface area contributed by atoms with E-state index in [1.165, 1.54) is 0 Å². The molecule has 0 amide bonds. The predicted octanol–water partition coefficient (Wildman–Crippen LogP) is 3.64. The van der Waals surface area contributed by atoms with Crippen molar-refractivity contribution in [1.82, 2.24) is 0 Å². The maximum Gasteiger partial charge on any atom is 0.127 e. The molecule has 1 aliphatic heterocycles. The number of aliphatic hydroxyl groups excluding tert-OH is 1. The first-order chi connectivity index (χ1) is 9.78. The van der Waals surface area contributed by atoms with E-state index in [-0.39, 0.29) is 6.10 Å². The van der Waals surface area contributed by atoms with E-state index < -0.39 is 6.10 Å². The number of para-hydroxylation sites is 1. The molecule has 0 spiro atoms. The Kier molecular flexibility index (Phi) is 3.61. The molecule has 0 aromatic heterocycles. The summed E-state index contributed by atoms with van der Waals surface area (Å²) in [6, 6.07) is 15.5. The van der Waals surface area contributed by atoms with Gasteiger partial charge in [0.15, 0.2) is 0 Å². The molecule has 0 saturated carbocycles. The van der Waals surface area contributed by atoms with Gasteiger partial charge in [-0.3, -0.25) is 0 Å². The van der Waals surface area contributed by atoms with Crippen molar-refractivity contribution < 1.29 is 14.6 Å². The van der Waals surface area contributed by atoms with Crippen LogP contribution in [0.1, 0.15) is 36.7 Å². The molecule has 0 fully saturated rings. The molecule has 0 bridgehead atoms. The van der Waals surface area contributed by atoms with Crippen molar-refractivity contribution in [3.8, 4) is 11.5 Å². The highest BCUT2D eigenvalue weighted by Crippen LogP contribution is 2.40. The number of rotatable bonds is 3. The van der Waals surface area contributed by atoms with Crippen LogP contribution in [0.25, 0.3) is 0 Å². The normalized spacial score (nSPS) is 20.9. The molecule has 3 heteroatoms. The Bertz CT molecular complexity index is 594. The SMILES string of the molecule is CCOc1cccc(C2C[C@H](O)c3ccccc3O2)c1. The third kappa shape index (κ3) is 2.49. The van der Waals surface area contributed by atoms with Gasteiger partial charge >= 0.3 is 0 Å². The van der Waals surface area contributed by atoms with Gasteiger partial charge in [0, 0.05) is 12.0 Å². The summed E-state index contributed by atoms with van der Waals surface area (Å²) in [4.78, 5) is 0. The third-order valence-corrected chi connectivity index (χ3v) is 3.53. The van der Waals surface area contributed by atoms with Crippen molar-refractivity contribution >= 4 is 0 Å². The molecule has 104 valence electrons. The topological polar surface area (TPSA) is 38.7 Å². The highest BCUT2D eigenvalue weighted by molar-refractivity contribution is 5.39. The number of hydrogen-bond donors (Lipinski definition) is 1. The number of ether oxygens (including phenoxy) is 2. The monoisotopic (exact) mass is 270 g/mol. The second kappa shape index (κ2) is 5.55. The first-order valence-corrected chi connectivity index (χ1v) is 6.94. The summed E-state index contributed by atoms with van der Waals surface area (Å²) < 4.78 is 11.5. The molecule has 0 saturated heterocycles. The number of fused-ring (bicyclic) bond motifs is 1. The average Bonchev–Trinajstić information content (AvgIpc) is 2.48. The lowest BCUT2D eigenvalue weighted by Gasteiger charge is -2.30. The number of hydrogen-bond acceptors (Lipinski definition) is 3. The zero-order valence-electron chi connectivity index (χ0n) is 11.5. The van der Waals surface area contributed by atoms with E-state index in [9.17, 15) is 5.11 Å². The summed E-state index contributed by atoms with van der Waals surface area (Å²) in [7, 11) is 0. The lowest BCUT2D eigenvalue weighted by atomic mass is 9.95. The maximum atomic E-state index is 10.3. The minimum Gasteiger partial charge on any atom is -0.494 e. The zero-order valence-corrected chi connectivity index (χ0v) is 11.5. The average molecular weight is 270 g/mol. The van der Waals surface area contributed by atoms with Crippen LogP contribution in [-0.2, 0) is 0 Å². The lowest BCUT2D eigenvalue weighted by Crippen LogP contribution is -2.18. The molecular weight excluding hydrogens is 252 g/mol. The standard InChI is InChI=1S/C17H18O3/c1-2-19-13-7-5-6-12(10-13)17-11-15(18)14-8-3-4-9-16(14)20-17/h3-10,15,17-18H,2,11H2,1H3/t15-,17?/m0/s1. The van der Waals surface area contributed by atoms with Gasteiger partial charge in [-0.1, -0.05) is 30.3 Å². The van der Waals surface area contributed by atoms with Gasteiger partial charge in [-0.05, 0) is 30.7 Å². The quantitative estimate of drug-likeness (QED) is 0.925. The minimum absolute atomic E-state index is 0.139. The van der Waals surface area contributed by atoms with Crippen LogP contribution in [0.3, 0.4) is 0 Å². The Hall–Kier alpha value is -2.00. The van der Waals surface area contributed by atoms with Crippen LogP contribution in [0.5, 0.6) is 11.5 Å². The molecule has 2 aromatic rings. The summed E-state index contributed by atoms with van der Waals surface area (Å²) in [5, 5.41) is 10.3. The van der Waals surface area contributed by atoms with Crippen LogP contribution in [-0.4, -0.2) is 11.7 Å². The Morgan fingerprint density at radius 1 is 1.20 bits per heavy atom. The molecule has 3 nitrogen and oxygen atoms in total. The zero-order chi connectivity index (χ0) is 13.9. The fourth-order valence-electron chi connectivity index (χ4n) is 2.57. The number of benzene rings is 2. The molecule has 0 radical (unpaired) electrons. The van der Waals surface area contributed by atoms with Gasteiger partial charge in [-0.15, -0.1) is 0 Å². The van der Waals surface area contributed by atoms with Gasteiger partial charge in [-0.2, -0.15) is 0 Å². The van der Waals surface area contributed by atoms with E-state index in [0.29, 0.717) is 13.0 Å². The summed E-state index contributed by atoms with van der Waals surface area (Å²) in [5.41, 5.74) is 1.90. The fraction of sp³-hybridized carbons (Fsp3) is 0.294. The van der Waals surface area contributed by atoms with Crippen LogP contribution in [0.15, 0.2) is 48.5 Å². The Morgan fingerprint density at radius 2 is 2.05 bits per heavy atom. The van der Waals surface area contributed by atoms with Gasteiger partial charge in [0.05, 0.1) is 12.7 Å². The molecule has 2 atom stereocenters. The van der Waals surface area contributed by atoms with E-state index in [2.05, 4.69) is 0 Å². The largest absolute Gasteiger partial charge is 0.494 e. The van der Waals surface area contributed by atoms with E-state index >= 15 is 0 Å². The maximum absolute atomic E-state index is 10.3.